The van der Waals surface area contributed by atoms with Crippen LogP contribution in [0.4, 0.5) is 5.69 Å². The quantitative estimate of drug-likeness (QED) is 0.474. The van der Waals surface area contributed by atoms with E-state index in [1.807, 2.05) is 55.5 Å². The number of carboxylic acid groups (broad SMARTS) is 1. The third-order valence-electron chi connectivity index (χ3n) is 4.75. The van der Waals surface area contributed by atoms with E-state index in [0.717, 1.165) is 16.7 Å². The number of hydrogen-bond donors (Lipinski definition) is 0. The molecule has 0 saturated carbocycles. The normalized spacial score (nSPS) is 11.5. The molecule has 0 amide bonds. The second kappa shape index (κ2) is 8.75. The first-order chi connectivity index (χ1) is 15.1. The number of nitrogens with zero attached hydrogens (tertiary/aromatic N) is 1. The number of aromatic carboxylic acids is 1. The summed E-state index contributed by atoms with van der Waals surface area (Å²) < 4.78 is 17.0. The summed E-state index contributed by atoms with van der Waals surface area (Å²) in [4.78, 5) is 15.8. The predicted octanol–water partition coefficient (Wildman–Crippen LogP) is 4.10. The third-order valence-corrected chi connectivity index (χ3v) is 4.75. The van der Waals surface area contributed by atoms with Gasteiger partial charge in [-0.15, -0.1) is 0 Å². The van der Waals surface area contributed by atoms with Gasteiger partial charge in [0.25, 0.3) is 0 Å². The summed E-state index contributed by atoms with van der Waals surface area (Å²) in [5.41, 5.74) is 2.24. The lowest BCUT2D eigenvalue weighted by atomic mass is 10.1. The first-order valence-electron chi connectivity index (χ1n) is 9.78. The molecule has 6 heteroatoms. The van der Waals surface area contributed by atoms with Crippen LogP contribution in [0.5, 0.6) is 11.5 Å². The summed E-state index contributed by atoms with van der Waals surface area (Å²) in [7, 11) is 1.62. The monoisotopic (exact) mass is 414 g/mol. The van der Waals surface area contributed by atoms with E-state index in [4.69, 9.17) is 18.9 Å². The molecule has 6 nitrogen and oxygen atoms in total. The molecule has 0 aliphatic rings. The molecule has 1 heterocycles. The molecule has 0 saturated heterocycles. The van der Waals surface area contributed by atoms with Gasteiger partial charge in [-0.05, 0) is 67.1 Å². The fraction of sp³-hybridized carbons (Fsp3) is 0.120. The van der Waals surface area contributed by atoms with Crippen molar-refractivity contribution in [2.75, 3.05) is 13.7 Å². The smallest absolute Gasteiger partial charge is 0.137 e. The molecule has 0 unspecified atom stereocenters. The van der Waals surface area contributed by atoms with E-state index in [0.29, 0.717) is 34.7 Å². The number of methoxy groups -OCH3 is 1. The zero-order chi connectivity index (χ0) is 21.8. The van der Waals surface area contributed by atoms with Gasteiger partial charge in [0.15, 0.2) is 0 Å². The number of benzene rings is 3. The van der Waals surface area contributed by atoms with Crippen LogP contribution < -0.4 is 19.9 Å². The van der Waals surface area contributed by atoms with Crippen LogP contribution >= 0.6 is 0 Å². The van der Waals surface area contributed by atoms with Crippen molar-refractivity contribution in [3.63, 3.8) is 0 Å². The van der Waals surface area contributed by atoms with Gasteiger partial charge in [-0.2, -0.15) is 0 Å². The van der Waals surface area contributed by atoms with Crippen molar-refractivity contribution in [2.24, 2.45) is 4.99 Å². The van der Waals surface area contributed by atoms with Crippen LogP contribution in [0.15, 0.2) is 82.2 Å². The molecular formula is C25H20NO5-. The minimum atomic E-state index is -1.22. The number of carbonyl (C=O) groups excluding carboxylic acids is 1. The SMILES string of the molecule is CCOc1ccc2oc(-c3ccc(OC)cc3)cc(=Nc3ccc(C(=O)[O-])cc3)c2c1. The van der Waals surface area contributed by atoms with Gasteiger partial charge in [0.2, 0.25) is 0 Å². The second-order valence-corrected chi connectivity index (χ2v) is 6.76. The maximum atomic E-state index is 11.0. The van der Waals surface area contributed by atoms with Gasteiger partial charge in [-0.1, -0.05) is 12.1 Å². The molecule has 0 aliphatic heterocycles. The summed E-state index contributed by atoms with van der Waals surface area (Å²) in [6, 6.07) is 21.2. The molecule has 31 heavy (non-hydrogen) atoms. The van der Waals surface area contributed by atoms with Crippen LogP contribution in [0.25, 0.3) is 22.3 Å². The lowest BCUT2D eigenvalue weighted by Gasteiger charge is -2.08. The molecule has 0 atom stereocenters. The van der Waals surface area contributed by atoms with Gasteiger partial charge in [-0.3, -0.25) is 0 Å². The zero-order valence-corrected chi connectivity index (χ0v) is 17.1. The van der Waals surface area contributed by atoms with Crippen molar-refractivity contribution in [3.05, 3.63) is 83.7 Å². The van der Waals surface area contributed by atoms with E-state index in [1.54, 1.807) is 19.2 Å². The molecule has 0 N–H and O–H groups in total. The maximum Gasteiger partial charge on any atom is 0.137 e. The Morgan fingerprint density at radius 1 is 0.968 bits per heavy atom. The average molecular weight is 414 g/mol. The van der Waals surface area contributed by atoms with Crippen molar-refractivity contribution in [3.8, 4) is 22.8 Å². The first-order valence-corrected chi connectivity index (χ1v) is 9.78. The Labute approximate surface area is 179 Å². The van der Waals surface area contributed by atoms with E-state index >= 15 is 0 Å². The molecule has 4 aromatic rings. The van der Waals surface area contributed by atoms with E-state index in [2.05, 4.69) is 0 Å². The summed E-state index contributed by atoms with van der Waals surface area (Å²) >= 11 is 0. The molecule has 0 spiro atoms. The largest absolute Gasteiger partial charge is 0.545 e. The number of fused-ring (bicyclic) bond motifs is 1. The molecule has 1 aromatic heterocycles. The van der Waals surface area contributed by atoms with E-state index in [1.165, 1.54) is 12.1 Å². The minimum Gasteiger partial charge on any atom is -0.545 e. The van der Waals surface area contributed by atoms with Crippen molar-refractivity contribution < 1.29 is 23.8 Å². The van der Waals surface area contributed by atoms with E-state index in [9.17, 15) is 9.90 Å². The number of ether oxygens (including phenoxy) is 2. The van der Waals surface area contributed by atoms with Crippen molar-refractivity contribution in [1.82, 2.24) is 0 Å². The highest BCUT2D eigenvalue weighted by Gasteiger charge is 2.08. The molecule has 0 radical (unpaired) electrons. The molecule has 3 aromatic carbocycles. The van der Waals surface area contributed by atoms with Gasteiger partial charge in [0.05, 0.1) is 30.7 Å². The Morgan fingerprint density at radius 2 is 1.68 bits per heavy atom. The lowest BCUT2D eigenvalue weighted by molar-refractivity contribution is -0.255. The van der Waals surface area contributed by atoms with Crippen molar-refractivity contribution in [1.29, 1.82) is 0 Å². The molecule has 0 fully saturated rings. The van der Waals surface area contributed by atoms with Crippen LogP contribution in [0.3, 0.4) is 0 Å². The predicted molar refractivity (Wildman–Crippen MR) is 115 cm³/mol. The molecule has 4 rings (SSSR count). The van der Waals surface area contributed by atoms with Crippen molar-refractivity contribution in [2.45, 2.75) is 6.92 Å². The zero-order valence-electron chi connectivity index (χ0n) is 17.1. The summed E-state index contributed by atoms with van der Waals surface area (Å²) in [6.45, 7) is 2.47. The highest BCUT2D eigenvalue weighted by Crippen LogP contribution is 2.27. The van der Waals surface area contributed by atoms with Crippen molar-refractivity contribution >= 4 is 22.6 Å². The van der Waals surface area contributed by atoms with Crippen LogP contribution in [0, 0.1) is 0 Å². The molecule has 156 valence electrons. The van der Waals surface area contributed by atoms with Gasteiger partial charge in [0, 0.05) is 17.0 Å². The van der Waals surface area contributed by atoms with Gasteiger partial charge in [-0.25, -0.2) is 4.99 Å². The van der Waals surface area contributed by atoms with Crippen LogP contribution in [0.2, 0.25) is 0 Å². The van der Waals surface area contributed by atoms with E-state index < -0.39 is 5.97 Å². The number of hydrogen-bond acceptors (Lipinski definition) is 6. The third kappa shape index (κ3) is 4.43. The lowest BCUT2D eigenvalue weighted by Crippen LogP contribution is -2.21. The maximum absolute atomic E-state index is 11.0. The fourth-order valence-electron chi connectivity index (χ4n) is 3.21. The number of rotatable bonds is 6. The molecular weight excluding hydrogens is 394 g/mol. The summed E-state index contributed by atoms with van der Waals surface area (Å²) in [5, 5.41) is 12.5. The standard InChI is InChI=1S/C25H21NO5/c1-3-30-20-12-13-23-21(14-20)22(26-18-8-4-17(5-9-18)25(27)28)15-24(31-23)16-6-10-19(29-2)11-7-16/h4-15H,3H2,1-2H3,(H,27,28)/p-1. The van der Waals surface area contributed by atoms with Crippen LogP contribution in [-0.4, -0.2) is 19.7 Å². The number of carbonyl (C=O) groups is 1. The van der Waals surface area contributed by atoms with Gasteiger partial charge in [0.1, 0.15) is 22.8 Å². The molecule has 0 aliphatic carbocycles. The highest BCUT2D eigenvalue weighted by molar-refractivity contribution is 5.86. The Kier molecular flexibility index (Phi) is 5.71. The minimum absolute atomic E-state index is 0.101. The van der Waals surface area contributed by atoms with Gasteiger partial charge >= 0.3 is 0 Å². The van der Waals surface area contributed by atoms with Crippen LogP contribution in [-0.2, 0) is 0 Å². The molecule has 0 bridgehead atoms. The Balaban J connectivity index is 1.90. The Hall–Kier alpha value is -4.06. The first kappa shape index (κ1) is 20.2. The second-order valence-electron chi connectivity index (χ2n) is 6.76. The highest BCUT2D eigenvalue weighted by atomic mass is 16.5. The van der Waals surface area contributed by atoms with Crippen LogP contribution in [0.1, 0.15) is 17.3 Å². The average Bonchev–Trinajstić information content (AvgIpc) is 2.80. The summed E-state index contributed by atoms with van der Waals surface area (Å²) in [5.74, 6) is 0.887. The fourth-order valence-corrected chi connectivity index (χ4v) is 3.21. The number of carboxylic acids is 1. The van der Waals surface area contributed by atoms with Gasteiger partial charge < -0.3 is 23.8 Å². The topological polar surface area (TPSA) is 84.1 Å². The Morgan fingerprint density at radius 3 is 2.32 bits per heavy atom. The van der Waals surface area contributed by atoms with E-state index in [-0.39, 0.29) is 5.56 Å². The Bertz CT molecular complexity index is 1290. The summed E-state index contributed by atoms with van der Waals surface area (Å²) in [6.07, 6.45) is 0.